The predicted octanol–water partition coefficient (Wildman–Crippen LogP) is 4.01. The summed E-state index contributed by atoms with van der Waals surface area (Å²) in [4.78, 5) is 0. The molecule has 1 saturated carbocycles. The van der Waals surface area contributed by atoms with E-state index in [2.05, 4.69) is 23.8 Å². The van der Waals surface area contributed by atoms with Crippen molar-refractivity contribution in [2.75, 3.05) is 0 Å². The van der Waals surface area contributed by atoms with Crippen LogP contribution < -0.4 is 0 Å². The number of hydrogen-bond donors (Lipinski definition) is 1. The van der Waals surface area contributed by atoms with Crippen LogP contribution in [0.15, 0.2) is 16.8 Å². The summed E-state index contributed by atoms with van der Waals surface area (Å²) in [6.07, 6.45) is 7.66. The van der Waals surface area contributed by atoms with Crippen molar-refractivity contribution in [2.24, 2.45) is 5.92 Å². The Balaban J connectivity index is 1.87. The second kappa shape index (κ2) is 5.33. The molecule has 1 aromatic heterocycles. The molecule has 0 amide bonds. The molecule has 0 saturated heterocycles. The van der Waals surface area contributed by atoms with E-state index in [1.807, 2.05) is 0 Å². The molecule has 1 aliphatic carbocycles. The Bertz CT molecular complexity index is 307. The van der Waals surface area contributed by atoms with Gasteiger partial charge < -0.3 is 5.11 Å². The average Bonchev–Trinajstić information content (AvgIpc) is 2.71. The van der Waals surface area contributed by atoms with E-state index in [-0.39, 0.29) is 5.60 Å². The zero-order valence-electron chi connectivity index (χ0n) is 10.1. The quantitative estimate of drug-likeness (QED) is 0.789. The molecular weight excluding hydrogens is 216 g/mol. The molecule has 1 aromatic rings. The van der Waals surface area contributed by atoms with Crippen molar-refractivity contribution in [3.8, 4) is 0 Å². The maximum atomic E-state index is 10.6. The van der Waals surface area contributed by atoms with Gasteiger partial charge in [0.25, 0.3) is 0 Å². The molecule has 16 heavy (non-hydrogen) atoms. The topological polar surface area (TPSA) is 20.2 Å². The number of thiophene rings is 1. The van der Waals surface area contributed by atoms with Gasteiger partial charge in [-0.25, -0.2) is 0 Å². The van der Waals surface area contributed by atoms with Gasteiger partial charge in [-0.15, -0.1) is 0 Å². The van der Waals surface area contributed by atoms with Gasteiger partial charge in [0.05, 0.1) is 5.60 Å². The Hall–Kier alpha value is -0.340. The SMILES string of the molecule is CC1CCCC(O)(CCc2ccsc2)CC1. The Morgan fingerprint density at radius 1 is 1.44 bits per heavy atom. The first-order valence-electron chi connectivity index (χ1n) is 6.41. The lowest BCUT2D eigenvalue weighted by molar-refractivity contribution is 0.0159. The highest BCUT2D eigenvalue weighted by Crippen LogP contribution is 2.33. The van der Waals surface area contributed by atoms with Crippen LogP contribution in [0.1, 0.15) is 51.0 Å². The van der Waals surface area contributed by atoms with Crippen molar-refractivity contribution >= 4 is 11.3 Å². The van der Waals surface area contributed by atoms with Crippen molar-refractivity contribution in [3.05, 3.63) is 22.4 Å². The van der Waals surface area contributed by atoms with E-state index < -0.39 is 0 Å². The zero-order valence-corrected chi connectivity index (χ0v) is 10.9. The van der Waals surface area contributed by atoms with Crippen LogP contribution in [0.3, 0.4) is 0 Å². The third-order valence-electron chi connectivity index (χ3n) is 3.90. The Morgan fingerprint density at radius 3 is 3.06 bits per heavy atom. The Kier molecular flexibility index (Phi) is 4.04. The molecule has 0 radical (unpaired) electrons. The number of aryl methyl sites for hydroxylation is 1. The highest BCUT2D eigenvalue weighted by molar-refractivity contribution is 7.07. The molecule has 0 bridgehead atoms. The molecule has 1 heterocycles. The summed E-state index contributed by atoms with van der Waals surface area (Å²) in [6.45, 7) is 2.31. The molecule has 1 N–H and O–H groups in total. The van der Waals surface area contributed by atoms with Gasteiger partial charge in [-0.05, 0) is 60.4 Å². The summed E-state index contributed by atoms with van der Waals surface area (Å²) in [7, 11) is 0. The fourth-order valence-electron chi connectivity index (χ4n) is 2.63. The molecule has 0 spiro atoms. The van der Waals surface area contributed by atoms with Crippen molar-refractivity contribution in [3.63, 3.8) is 0 Å². The maximum Gasteiger partial charge on any atom is 0.0651 e. The van der Waals surface area contributed by atoms with Crippen LogP contribution in [0.2, 0.25) is 0 Å². The highest BCUT2D eigenvalue weighted by atomic mass is 32.1. The molecule has 2 unspecified atom stereocenters. The van der Waals surface area contributed by atoms with Gasteiger partial charge in [-0.2, -0.15) is 11.3 Å². The molecule has 2 atom stereocenters. The first-order valence-corrected chi connectivity index (χ1v) is 7.36. The molecular formula is C14H22OS. The molecule has 0 aromatic carbocycles. The summed E-state index contributed by atoms with van der Waals surface area (Å²) in [5.74, 6) is 0.801. The first-order chi connectivity index (χ1) is 7.68. The van der Waals surface area contributed by atoms with E-state index in [0.29, 0.717) is 0 Å². The molecule has 1 fully saturated rings. The lowest BCUT2D eigenvalue weighted by Gasteiger charge is -2.26. The van der Waals surface area contributed by atoms with Crippen LogP contribution in [0.4, 0.5) is 0 Å². The van der Waals surface area contributed by atoms with Crippen LogP contribution in [-0.2, 0) is 6.42 Å². The van der Waals surface area contributed by atoms with Gasteiger partial charge in [0.15, 0.2) is 0 Å². The van der Waals surface area contributed by atoms with Crippen molar-refractivity contribution in [1.29, 1.82) is 0 Å². The maximum absolute atomic E-state index is 10.6. The van der Waals surface area contributed by atoms with E-state index >= 15 is 0 Å². The van der Waals surface area contributed by atoms with Crippen LogP contribution in [0, 0.1) is 5.92 Å². The van der Waals surface area contributed by atoms with Crippen molar-refractivity contribution in [1.82, 2.24) is 0 Å². The zero-order chi connectivity index (χ0) is 11.4. The van der Waals surface area contributed by atoms with Gasteiger partial charge in [0.2, 0.25) is 0 Å². The van der Waals surface area contributed by atoms with E-state index in [0.717, 1.165) is 31.6 Å². The van der Waals surface area contributed by atoms with Crippen molar-refractivity contribution < 1.29 is 5.11 Å². The van der Waals surface area contributed by atoms with E-state index in [4.69, 9.17) is 0 Å². The molecule has 1 aliphatic rings. The molecule has 2 heteroatoms. The standard InChI is InChI=1S/C14H22OS/c1-12-3-2-7-14(15,8-4-12)9-5-13-6-10-16-11-13/h6,10-12,15H,2-5,7-9H2,1H3. The van der Waals surface area contributed by atoms with Crippen LogP contribution in [-0.4, -0.2) is 10.7 Å². The molecule has 0 aliphatic heterocycles. The third-order valence-corrected chi connectivity index (χ3v) is 4.63. The lowest BCUT2D eigenvalue weighted by atomic mass is 9.88. The lowest BCUT2D eigenvalue weighted by Crippen LogP contribution is -2.28. The number of rotatable bonds is 3. The third kappa shape index (κ3) is 3.33. The summed E-state index contributed by atoms with van der Waals surface area (Å²) in [5.41, 5.74) is 1.00. The summed E-state index contributed by atoms with van der Waals surface area (Å²) in [5, 5.41) is 14.9. The van der Waals surface area contributed by atoms with Gasteiger partial charge >= 0.3 is 0 Å². The second-order valence-electron chi connectivity index (χ2n) is 5.39. The Morgan fingerprint density at radius 2 is 2.31 bits per heavy atom. The molecule has 2 rings (SSSR count). The van der Waals surface area contributed by atoms with Gasteiger partial charge in [0.1, 0.15) is 0 Å². The summed E-state index contributed by atoms with van der Waals surface area (Å²) < 4.78 is 0. The minimum absolute atomic E-state index is 0.382. The largest absolute Gasteiger partial charge is 0.390 e. The minimum Gasteiger partial charge on any atom is -0.390 e. The highest BCUT2D eigenvalue weighted by Gasteiger charge is 2.29. The van der Waals surface area contributed by atoms with E-state index in [1.165, 1.54) is 24.8 Å². The van der Waals surface area contributed by atoms with E-state index in [1.54, 1.807) is 11.3 Å². The van der Waals surface area contributed by atoms with E-state index in [9.17, 15) is 5.11 Å². The average molecular weight is 238 g/mol. The van der Waals surface area contributed by atoms with Gasteiger partial charge in [-0.1, -0.05) is 19.8 Å². The number of hydrogen-bond acceptors (Lipinski definition) is 2. The van der Waals surface area contributed by atoms with Crippen LogP contribution >= 0.6 is 11.3 Å². The molecule has 90 valence electrons. The Labute approximate surface area is 103 Å². The van der Waals surface area contributed by atoms with Crippen molar-refractivity contribution in [2.45, 2.75) is 57.5 Å². The smallest absolute Gasteiger partial charge is 0.0651 e. The van der Waals surface area contributed by atoms with Gasteiger partial charge in [0, 0.05) is 0 Å². The summed E-state index contributed by atoms with van der Waals surface area (Å²) >= 11 is 1.75. The monoisotopic (exact) mass is 238 g/mol. The van der Waals surface area contributed by atoms with Crippen LogP contribution in [0.5, 0.6) is 0 Å². The second-order valence-corrected chi connectivity index (χ2v) is 6.17. The van der Waals surface area contributed by atoms with Crippen LogP contribution in [0.25, 0.3) is 0 Å². The fourth-order valence-corrected chi connectivity index (χ4v) is 3.33. The number of aliphatic hydroxyl groups is 1. The first kappa shape index (κ1) is 12.1. The summed E-state index contributed by atoms with van der Waals surface area (Å²) in [6, 6.07) is 2.17. The molecule has 1 nitrogen and oxygen atoms in total. The fraction of sp³-hybridized carbons (Fsp3) is 0.714. The minimum atomic E-state index is -0.382. The predicted molar refractivity (Wildman–Crippen MR) is 69.8 cm³/mol. The van der Waals surface area contributed by atoms with Gasteiger partial charge in [-0.3, -0.25) is 0 Å². The normalized spacial score (nSPS) is 31.2.